The van der Waals surface area contributed by atoms with Gasteiger partial charge in [0.1, 0.15) is 0 Å². The Morgan fingerprint density at radius 3 is 2.79 bits per heavy atom. The minimum absolute atomic E-state index is 0.0896. The van der Waals surface area contributed by atoms with Crippen molar-refractivity contribution in [3.05, 3.63) is 29.6 Å². The fraction of sp³-hybridized carbons (Fsp3) is 0.533. The topological polar surface area (TPSA) is 38.3 Å². The zero-order valence-corrected chi connectivity index (χ0v) is 11.2. The number of carbonyl (C=O) groups excluding carboxylic acids is 1. The van der Waals surface area contributed by atoms with E-state index in [1.54, 1.807) is 12.1 Å². The Bertz CT molecular complexity index is 442. The average molecular weight is 265 g/mol. The summed E-state index contributed by atoms with van der Waals surface area (Å²) in [6, 6.07) is 4.80. The van der Waals surface area contributed by atoms with Crippen LogP contribution in [-0.4, -0.2) is 12.5 Å². The van der Waals surface area contributed by atoms with Crippen LogP contribution in [0.1, 0.15) is 38.2 Å². The second-order valence-corrected chi connectivity index (χ2v) is 4.90. The molecule has 104 valence electrons. The summed E-state index contributed by atoms with van der Waals surface area (Å²) < 4.78 is 18.8. The third-order valence-corrected chi connectivity index (χ3v) is 3.49. The lowest BCUT2D eigenvalue weighted by molar-refractivity contribution is -0.124. The summed E-state index contributed by atoms with van der Waals surface area (Å²) >= 11 is 0. The van der Waals surface area contributed by atoms with Gasteiger partial charge in [0.15, 0.2) is 11.6 Å². The summed E-state index contributed by atoms with van der Waals surface area (Å²) in [4.78, 5) is 11.8. The lowest BCUT2D eigenvalue weighted by Gasteiger charge is -2.11. The van der Waals surface area contributed by atoms with Gasteiger partial charge in [0.05, 0.1) is 6.61 Å². The van der Waals surface area contributed by atoms with E-state index in [0.717, 1.165) is 31.2 Å². The highest BCUT2D eigenvalue weighted by Gasteiger charge is 2.22. The van der Waals surface area contributed by atoms with Crippen LogP contribution in [0.5, 0.6) is 5.75 Å². The molecule has 1 amide bonds. The summed E-state index contributed by atoms with van der Waals surface area (Å²) in [6.07, 6.45) is 4.22. The monoisotopic (exact) mass is 265 g/mol. The molecule has 3 nitrogen and oxygen atoms in total. The van der Waals surface area contributed by atoms with Gasteiger partial charge in [0.2, 0.25) is 5.91 Å². The van der Waals surface area contributed by atoms with Gasteiger partial charge < -0.3 is 10.1 Å². The van der Waals surface area contributed by atoms with Gasteiger partial charge in [-0.15, -0.1) is 0 Å². The molecule has 1 aromatic carbocycles. The van der Waals surface area contributed by atoms with Crippen molar-refractivity contribution in [3.63, 3.8) is 0 Å². The minimum atomic E-state index is -0.380. The number of rotatable bonds is 5. The van der Waals surface area contributed by atoms with Crippen LogP contribution in [0.15, 0.2) is 18.2 Å². The number of carbonyl (C=O) groups is 1. The van der Waals surface area contributed by atoms with Crippen LogP contribution in [0.4, 0.5) is 4.39 Å². The van der Waals surface area contributed by atoms with E-state index >= 15 is 0 Å². The van der Waals surface area contributed by atoms with Gasteiger partial charge in [0.25, 0.3) is 0 Å². The van der Waals surface area contributed by atoms with Crippen molar-refractivity contribution >= 4 is 5.91 Å². The van der Waals surface area contributed by atoms with Crippen LogP contribution in [0.2, 0.25) is 0 Å². The second kappa shape index (κ2) is 6.55. The fourth-order valence-electron chi connectivity index (χ4n) is 2.45. The first kappa shape index (κ1) is 13.8. The molecule has 0 bridgehead atoms. The highest BCUT2D eigenvalue weighted by Crippen LogP contribution is 2.25. The lowest BCUT2D eigenvalue weighted by Crippen LogP contribution is -2.28. The Kier molecular flexibility index (Phi) is 4.77. The van der Waals surface area contributed by atoms with Crippen LogP contribution < -0.4 is 10.1 Å². The molecule has 0 aromatic heterocycles. The van der Waals surface area contributed by atoms with E-state index in [2.05, 4.69) is 5.32 Å². The molecule has 1 aromatic rings. The number of nitrogens with one attached hydrogen (secondary N) is 1. The number of halogens is 1. The predicted octanol–water partition coefficient (Wildman–Crippen LogP) is 3.03. The standard InChI is InChI=1S/C15H20FNO2/c1-2-19-14-8-7-11(9-13(14)16)10-17-15(18)12-5-3-4-6-12/h7-9,12H,2-6,10H2,1H3,(H,17,18). The quantitative estimate of drug-likeness (QED) is 0.888. The summed E-state index contributed by atoms with van der Waals surface area (Å²) in [5, 5.41) is 2.87. The highest BCUT2D eigenvalue weighted by molar-refractivity contribution is 5.78. The van der Waals surface area contributed by atoms with E-state index < -0.39 is 0 Å². The van der Waals surface area contributed by atoms with E-state index in [4.69, 9.17) is 4.74 Å². The van der Waals surface area contributed by atoms with Crippen molar-refractivity contribution in [2.75, 3.05) is 6.61 Å². The van der Waals surface area contributed by atoms with E-state index in [-0.39, 0.29) is 23.4 Å². The number of amides is 1. The number of benzene rings is 1. The molecule has 0 radical (unpaired) electrons. The summed E-state index contributed by atoms with van der Waals surface area (Å²) in [6.45, 7) is 2.63. The molecule has 1 saturated carbocycles. The molecular formula is C15H20FNO2. The van der Waals surface area contributed by atoms with Crippen molar-refractivity contribution in [1.82, 2.24) is 5.32 Å². The molecule has 0 heterocycles. The van der Waals surface area contributed by atoms with Gasteiger partial charge in [-0.3, -0.25) is 4.79 Å². The zero-order valence-electron chi connectivity index (χ0n) is 11.2. The second-order valence-electron chi connectivity index (χ2n) is 4.90. The molecule has 1 aliphatic carbocycles. The number of hydrogen-bond donors (Lipinski definition) is 1. The zero-order chi connectivity index (χ0) is 13.7. The predicted molar refractivity (Wildman–Crippen MR) is 71.4 cm³/mol. The molecule has 4 heteroatoms. The van der Waals surface area contributed by atoms with Crippen molar-refractivity contribution < 1.29 is 13.9 Å². The van der Waals surface area contributed by atoms with Crippen LogP contribution in [-0.2, 0) is 11.3 Å². The number of ether oxygens (including phenoxy) is 1. The van der Waals surface area contributed by atoms with E-state index in [0.29, 0.717) is 13.2 Å². The molecule has 0 saturated heterocycles. The average Bonchev–Trinajstić information content (AvgIpc) is 2.93. The van der Waals surface area contributed by atoms with Crippen LogP contribution in [0, 0.1) is 11.7 Å². The first-order valence-electron chi connectivity index (χ1n) is 6.89. The third kappa shape index (κ3) is 3.69. The van der Waals surface area contributed by atoms with Crippen LogP contribution >= 0.6 is 0 Å². The maximum Gasteiger partial charge on any atom is 0.223 e. The Balaban J connectivity index is 1.88. The van der Waals surface area contributed by atoms with Gasteiger partial charge in [-0.2, -0.15) is 0 Å². The van der Waals surface area contributed by atoms with Crippen molar-refractivity contribution in [1.29, 1.82) is 0 Å². The minimum Gasteiger partial charge on any atom is -0.491 e. The van der Waals surface area contributed by atoms with Gasteiger partial charge >= 0.3 is 0 Å². The smallest absolute Gasteiger partial charge is 0.223 e. The maximum absolute atomic E-state index is 13.6. The van der Waals surface area contributed by atoms with E-state index in [1.807, 2.05) is 6.92 Å². The Morgan fingerprint density at radius 1 is 1.42 bits per heavy atom. The lowest BCUT2D eigenvalue weighted by atomic mass is 10.1. The van der Waals surface area contributed by atoms with Crippen molar-refractivity contribution in [3.8, 4) is 5.75 Å². The van der Waals surface area contributed by atoms with Crippen LogP contribution in [0.25, 0.3) is 0 Å². The third-order valence-electron chi connectivity index (χ3n) is 3.49. The molecule has 2 rings (SSSR count). The maximum atomic E-state index is 13.6. The normalized spacial score (nSPS) is 15.5. The largest absolute Gasteiger partial charge is 0.491 e. The fourth-order valence-corrected chi connectivity index (χ4v) is 2.45. The molecule has 1 aliphatic rings. The van der Waals surface area contributed by atoms with Gasteiger partial charge in [0, 0.05) is 12.5 Å². The van der Waals surface area contributed by atoms with Crippen molar-refractivity contribution in [2.45, 2.75) is 39.2 Å². The molecule has 19 heavy (non-hydrogen) atoms. The molecular weight excluding hydrogens is 245 g/mol. The highest BCUT2D eigenvalue weighted by atomic mass is 19.1. The van der Waals surface area contributed by atoms with E-state index in [9.17, 15) is 9.18 Å². The Morgan fingerprint density at radius 2 is 2.16 bits per heavy atom. The molecule has 0 unspecified atom stereocenters. The summed E-state index contributed by atoms with van der Waals surface area (Å²) in [5.74, 6) is 0.113. The Labute approximate surface area is 113 Å². The first-order chi connectivity index (χ1) is 9.20. The molecule has 1 fully saturated rings. The molecule has 1 N–H and O–H groups in total. The summed E-state index contributed by atoms with van der Waals surface area (Å²) in [7, 11) is 0. The van der Waals surface area contributed by atoms with Gasteiger partial charge in [-0.25, -0.2) is 4.39 Å². The number of hydrogen-bond acceptors (Lipinski definition) is 2. The van der Waals surface area contributed by atoms with Crippen molar-refractivity contribution in [2.24, 2.45) is 5.92 Å². The molecule has 0 atom stereocenters. The van der Waals surface area contributed by atoms with Crippen LogP contribution in [0.3, 0.4) is 0 Å². The SMILES string of the molecule is CCOc1ccc(CNC(=O)C2CCCC2)cc1F. The molecule has 0 spiro atoms. The van der Waals surface area contributed by atoms with Gasteiger partial charge in [-0.05, 0) is 37.5 Å². The molecule has 0 aliphatic heterocycles. The van der Waals surface area contributed by atoms with Gasteiger partial charge in [-0.1, -0.05) is 18.9 Å². The summed E-state index contributed by atoms with van der Waals surface area (Å²) in [5.41, 5.74) is 0.757. The first-order valence-corrected chi connectivity index (χ1v) is 6.89. The Hall–Kier alpha value is -1.58. The van der Waals surface area contributed by atoms with E-state index in [1.165, 1.54) is 6.07 Å².